The third-order valence-corrected chi connectivity index (χ3v) is 10.7. The van der Waals surface area contributed by atoms with Gasteiger partial charge in [0.1, 0.15) is 54.2 Å². The number of oxime groups is 1. The number of nitrogens with one attached hydrogen (secondary N) is 2. The van der Waals surface area contributed by atoms with E-state index in [4.69, 9.17) is 30.6 Å². The van der Waals surface area contributed by atoms with E-state index in [1.807, 2.05) is 0 Å². The summed E-state index contributed by atoms with van der Waals surface area (Å²) in [6.45, 7) is 1.08. The van der Waals surface area contributed by atoms with Crippen molar-refractivity contribution in [2.75, 3.05) is 31.6 Å². The van der Waals surface area contributed by atoms with Crippen LogP contribution in [0.5, 0.6) is 5.75 Å². The summed E-state index contributed by atoms with van der Waals surface area (Å²) in [6.07, 6.45) is 1.51. The number of carbonyl (C=O) groups is 5. The number of hydrogen-bond donors (Lipinski definition) is 2. The van der Waals surface area contributed by atoms with Gasteiger partial charge in [-0.25, -0.2) is 9.78 Å². The number of thiazole rings is 1. The lowest BCUT2D eigenvalue weighted by Crippen LogP contribution is -2.79. The molecule has 3 heterocycles. The first kappa shape index (κ1) is 34.3. The van der Waals surface area contributed by atoms with Crippen LogP contribution in [0.15, 0.2) is 40.3 Å². The minimum Gasteiger partial charge on any atom is -0.497 e. The molecule has 0 radical (unpaired) electrons. The molecule has 0 saturated carbocycles. The third kappa shape index (κ3) is 8.19. The van der Waals surface area contributed by atoms with Crippen molar-refractivity contribution < 1.29 is 43.0 Å². The fourth-order valence-electron chi connectivity index (χ4n) is 4.51. The van der Waals surface area contributed by atoms with Crippen molar-refractivity contribution in [3.63, 3.8) is 0 Å². The number of rotatable bonds is 14. The fraction of sp³-hybridized carbons (Fsp3) is 0.444. The number of esters is 2. The average molecular weight is 700 g/mol. The van der Waals surface area contributed by atoms with E-state index in [2.05, 4.69) is 20.8 Å². The molecule has 0 bridgehead atoms. The normalized spacial score (nSPS) is 22.9. The molecule has 3 amide bonds. The van der Waals surface area contributed by atoms with Gasteiger partial charge in [-0.2, -0.15) is 11.8 Å². The topological polar surface area (TPSA) is 175 Å². The van der Waals surface area contributed by atoms with Crippen LogP contribution in [0.3, 0.4) is 0 Å². The minimum absolute atomic E-state index is 0.0545. The number of β-lactam (4-membered cyclic amide) rings is 1. The van der Waals surface area contributed by atoms with Crippen molar-refractivity contribution in [3.05, 3.63) is 46.4 Å². The second-order valence-corrected chi connectivity index (χ2v) is 13.0. The van der Waals surface area contributed by atoms with Crippen molar-refractivity contribution in [2.24, 2.45) is 5.16 Å². The van der Waals surface area contributed by atoms with Crippen LogP contribution < -0.4 is 15.4 Å². The quantitative estimate of drug-likeness (QED) is 0.0730. The summed E-state index contributed by atoms with van der Waals surface area (Å²) in [5.41, 5.74) is 2.60. The van der Waals surface area contributed by atoms with Gasteiger partial charge in [-0.1, -0.05) is 17.3 Å². The Bertz CT molecular complexity index is 1420. The molecule has 0 spiro atoms. The van der Waals surface area contributed by atoms with Crippen molar-refractivity contribution >= 4 is 82.3 Å². The maximum absolute atomic E-state index is 13.6. The van der Waals surface area contributed by atoms with Gasteiger partial charge in [0.25, 0.3) is 5.91 Å². The number of carbonyl (C=O) groups excluding carboxylic acids is 5. The molecule has 18 heteroatoms. The maximum Gasteiger partial charge on any atom is 0.330 e. The Kier molecular flexibility index (Phi) is 11.9. The highest BCUT2D eigenvalue weighted by atomic mass is 35.5. The van der Waals surface area contributed by atoms with Gasteiger partial charge in [0.2, 0.25) is 18.0 Å². The van der Waals surface area contributed by atoms with E-state index in [1.54, 1.807) is 43.0 Å². The largest absolute Gasteiger partial charge is 0.497 e. The molecular formula is C27H30ClN5O9S3. The number of halogens is 1. The number of ether oxygens (including phenoxy) is 3. The molecule has 2 aliphatic heterocycles. The number of benzene rings is 1. The monoisotopic (exact) mass is 699 g/mol. The van der Waals surface area contributed by atoms with E-state index >= 15 is 0 Å². The first-order valence-corrected chi connectivity index (χ1v) is 17.0. The van der Waals surface area contributed by atoms with Gasteiger partial charge >= 0.3 is 11.9 Å². The van der Waals surface area contributed by atoms with Gasteiger partial charge in [0.05, 0.1) is 17.4 Å². The van der Waals surface area contributed by atoms with E-state index in [0.717, 1.165) is 6.21 Å². The second-order valence-electron chi connectivity index (χ2n) is 9.68. The van der Waals surface area contributed by atoms with Crippen LogP contribution >= 0.6 is 46.5 Å². The van der Waals surface area contributed by atoms with Crippen LogP contribution in [0.2, 0.25) is 0 Å². The second kappa shape index (κ2) is 15.6. The van der Waals surface area contributed by atoms with E-state index in [9.17, 15) is 24.0 Å². The highest BCUT2D eigenvalue weighted by Crippen LogP contribution is 2.48. The lowest BCUT2D eigenvalue weighted by Gasteiger charge is -2.57. The summed E-state index contributed by atoms with van der Waals surface area (Å²) in [5.74, 6) is -2.34. The Morgan fingerprint density at radius 3 is 2.64 bits per heavy atom. The van der Waals surface area contributed by atoms with Crippen molar-refractivity contribution in [3.8, 4) is 5.75 Å². The molecule has 4 rings (SSSR count). The molecular weight excluding hydrogens is 670 g/mol. The molecule has 1 aromatic heterocycles. The number of thioether (sulfide) groups is 2. The molecule has 2 saturated heterocycles. The zero-order valence-electron chi connectivity index (χ0n) is 24.3. The van der Waals surface area contributed by atoms with Crippen LogP contribution in [0, 0.1) is 0 Å². The molecule has 3 unspecified atom stereocenters. The van der Waals surface area contributed by atoms with Crippen molar-refractivity contribution in [1.82, 2.24) is 20.5 Å². The highest BCUT2D eigenvalue weighted by Gasteiger charge is 2.63. The molecule has 2 N–H and O–H groups in total. The average Bonchev–Trinajstić information content (AvgIpc) is 3.59. The van der Waals surface area contributed by atoms with Gasteiger partial charge in [0.15, 0.2) is 0 Å². The third-order valence-electron chi connectivity index (χ3n) is 6.81. The number of fused-ring (bicyclic) bond motifs is 1. The van der Waals surface area contributed by atoms with Gasteiger partial charge in [-0.05, 0) is 24.0 Å². The summed E-state index contributed by atoms with van der Waals surface area (Å²) in [6, 6.07) is 4.91. The number of methoxy groups -OCH3 is 1. The fourth-order valence-corrected chi connectivity index (χ4v) is 7.89. The number of nitrogens with zero attached hydrogens (tertiary/aromatic N) is 3. The number of aromatic nitrogens is 1. The summed E-state index contributed by atoms with van der Waals surface area (Å²) >= 11 is 9.46. The standard InChI is InChI=1S/C27H30ClN5O9S3/c1-15(34)41-12-27(43-3)13-45-25-21(31-20(36)9-30-42-23(32-19(35)8-28)18-11-44-14-29-18)24(37)33(25)22(27)26(38)40-10-16-4-6-17(39-2)7-5-16/h4-7,9,11,14,21-23,25H,8,10,12-13H2,1-3H3,(H,31,36)(H,32,35)/t21-,22?,23?,25+,27?/m1/s1. The van der Waals surface area contributed by atoms with Crippen LogP contribution in [0.1, 0.15) is 24.4 Å². The summed E-state index contributed by atoms with van der Waals surface area (Å²) in [7, 11) is 1.54. The smallest absolute Gasteiger partial charge is 0.330 e. The Labute approximate surface area is 275 Å². The molecule has 5 atom stereocenters. The first-order chi connectivity index (χ1) is 21.6. The molecule has 0 aliphatic carbocycles. The van der Waals surface area contributed by atoms with Crippen molar-refractivity contribution in [2.45, 2.75) is 42.0 Å². The number of amides is 3. The van der Waals surface area contributed by atoms with Crippen LogP contribution in [-0.4, -0.2) is 99.6 Å². The number of alkyl halides is 1. The maximum atomic E-state index is 13.6. The van der Waals surface area contributed by atoms with E-state index in [1.165, 1.54) is 52.2 Å². The summed E-state index contributed by atoms with van der Waals surface area (Å²) in [4.78, 5) is 73.9. The molecule has 242 valence electrons. The molecule has 2 aromatic rings. The molecule has 14 nitrogen and oxygen atoms in total. The minimum atomic E-state index is -1.10. The van der Waals surface area contributed by atoms with Gasteiger partial charge in [-0.3, -0.25) is 19.2 Å². The molecule has 2 aliphatic rings. The summed E-state index contributed by atoms with van der Waals surface area (Å²) in [5, 5.41) is 9.75. The van der Waals surface area contributed by atoms with Crippen LogP contribution in [0.4, 0.5) is 0 Å². The zero-order valence-corrected chi connectivity index (χ0v) is 27.5. The van der Waals surface area contributed by atoms with Gasteiger partial charge in [-0.15, -0.1) is 34.7 Å². The van der Waals surface area contributed by atoms with Gasteiger partial charge in [0, 0.05) is 18.1 Å². The lowest BCUT2D eigenvalue weighted by molar-refractivity contribution is -0.169. The van der Waals surface area contributed by atoms with E-state index < -0.39 is 58.1 Å². The Balaban J connectivity index is 1.44. The lowest BCUT2D eigenvalue weighted by atomic mass is 9.93. The Morgan fingerprint density at radius 1 is 1.27 bits per heavy atom. The van der Waals surface area contributed by atoms with Crippen LogP contribution in [0.25, 0.3) is 0 Å². The predicted molar refractivity (Wildman–Crippen MR) is 168 cm³/mol. The van der Waals surface area contributed by atoms with Crippen LogP contribution in [-0.2, 0) is 44.9 Å². The highest BCUT2D eigenvalue weighted by molar-refractivity contribution is 8.04. The SMILES string of the molecule is COc1ccc(COC(=O)C2N3C(=O)[C@@H](NC(=O)C=NOC(NC(=O)CCl)c4cscn4)[C@@H]3SCC2(COC(C)=O)SC)cc1. The predicted octanol–water partition coefficient (Wildman–Crippen LogP) is 1.68. The number of hydrogen-bond acceptors (Lipinski definition) is 14. The molecule has 1 aromatic carbocycles. The zero-order chi connectivity index (χ0) is 32.6. The Morgan fingerprint density at radius 2 is 2.02 bits per heavy atom. The van der Waals surface area contributed by atoms with Gasteiger partial charge < -0.3 is 34.6 Å². The van der Waals surface area contributed by atoms with E-state index in [-0.39, 0.29) is 19.1 Å². The molecule has 45 heavy (non-hydrogen) atoms. The molecule has 2 fully saturated rings. The van der Waals surface area contributed by atoms with Crippen molar-refractivity contribution in [1.29, 1.82) is 0 Å². The van der Waals surface area contributed by atoms with E-state index in [0.29, 0.717) is 22.8 Å². The summed E-state index contributed by atoms with van der Waals surface area (Å²) < 4.78 is 15.2. The Hall–Kier alpha value is -3.54. The first-order valence-electron chi connectivity index (χ1n) is 13.3.